The number of carbonyl (C=O) groups is 1. The summed E-state index contributed by atoms with van der Waals surface area (Å²) in [6.07, 6.45) is 4.67. The molecule has 152 valence electrons. The summed E-state index contributed by atoms with van der Waals surface area (Å²) in [6, 6.07) is 5.82. The molecule has 4 nitrogen and oxygen atoms in total. The molecule has 1 aromatic rings. The van der Waals surface area contributed by atoms with Gasteiger partial charge in [-0.25, -0.2) is 0 Å². The number of carbonyl (C=O) groups excluding carboxylic acids is 1. The Bertz CT molecular complexity index is 734. The first-order valence-corrected chi connectivity index (χ1v) is 12.7. The summed E-state index contributed by atoms with van der Waals surface area (Å²) in [5, 5.41) is 3.91. The molecule has 2 aliphatic heterocycles. The highest BCUT2D eigenvalue weighted by molar-refractivity contribution is 8.21. The summed E-state index contributed by atoms with van der Waals surface area (Å²) in [5.74, 6) is 4.24. The van der Waals surface area contributed by atoms with Gasteiger partial charge in [-0.3, -0.25) is 4.79 Å². The van der Waals surface area contributed by atoms with Gasteiger partial charge >= 0.3 is 0 Å². The summed E-state index contributed by atoms with van der Waals surface area (Å²) in [4.78, 5) is 15.5. The number of nitrogens with zero attached hydrogens (tertiary/aromatic N) is 1. The number of benzene rings is 1. The molecule has 4 aliphatic rings. The number of ether oxygens (including phenoxy) is 1. The molecular weight excluding hydrogens is 412 g/mol. The summed E-state index contributed by atoms with van der Waals surface area (Å²) in [7, 11) is 0. The smallest absolute Gasteiger partial charge is 0.227 e. The number of amides is 1. The van der Waals surface area contributed by atoms with Crippen molar-refractivity contribution in [2.75, 3.05) is 48.0 Å². The highest BCUT2D eigenvalue weighted by Gasteiger charge is 2.57. The van der Waals surface area contributed by atoms with E-state index in [2.05, 4.69) is 33.7 Å². The molecular formula is C21H27ClN2O2S2. The lowest BCUT2D eigenvalue weighted by molar-refractivity contribution is -0.121. The first-order valence-electron chi connectivity index (χ1n) is 10.4. The fourth-order valence-corrected chi connectivity index (χ4v) is 9.65. The molecule has 1 unspecified atom stereocenters. The maximum absolute atomic E-state index is 13.2. The molecule has 2 saturated heterocycles. The van der Waals surface area contributed by atoms with Gasteiger partial charge in [0.25, 0.3) is 0 Å². The number of morpholine rings is 1. The first-order chi connectivity index (χ1) is 13.7. The number of nitrogens with one attached hydrogen (secondary N) is 1. The number of rotatable bonds is 3. The van der Waals surface area contributed by atoms with E-state index in [0.717, 1.165) is 50.5 Å². The lowest BCUT2D eigenvalue weighted by Crippen LogP contribution is -2.41. The van der Waals surface area contributed by atoms with Crippen LogP contribution in [0.4, 0.5) is 11.4 Å². The van der Waals surface area contributed by atoms with Gasteiger partial charge in [0.2, 0.25) is 5.91 Å². The van der Waals surface area contributed by atoms with E-state index >= 15 is 0 Å². The lowest BCUT2D eigenvalue weighted by Gasteiger charge is -2.42. The van der Waals surface area contributed by atoms with Gasteiger partial charge in [-0.1, -0.05) is 11.6 Å². The minimum absolute atomic E-state index is 0.126. The van der Waals surface area contributed by atoms with E-state index in [1.54, 1.807) is 0 Å². The van der Waals surface area contributed by atoms with E-state index < -0.39 is 0 Å². The van der Waals surface area contributed by atoms with E-state index in [4.69, 9.17) is 16.3 Å². The third kappa shape index (κ3) is 3.44. The topological polar surface area (TPSA) is 41.6 Å². The Kier molecular flexibility index (Phi) is 5.50. The molecule has 1 spiro atoms. The quantitative estimate of drug-likeness (QED) is 0.738. The number of anilines is 2. The summed E-state index contributed by atoms with van der Waals surface area (Å²) in [6.45, 7) is 3.13. The monoisotopic (exact) mass is 438 g/mol. The molecule has 0 aromatic heterocycles. The Balaban J connectivity index is 1.32. The van der Waals surface area contributed by atoms with Crippen LogP contribution in [0.5, 0.6) is 0 Å². The van der Waals surface area contributed by atoms with Gasteiger partial charge in [-0.05, 0) is 55.7 Å². The summed E-state index contributed by atoms with van der Waals surface area (Å²) < 4.78 is 5.90. The molecule has 1 aromatic carbocycles. The molecule has 2 heterocycles. The van der Waals surface area contributed by atoms with Gasteiger partial charge in [0.1, 0.15) is 0 Å². The number of thioether (sulfide) groups is 2. The first kappa shape index (κ1) is 19.4. The van der Waals surface area contributed by atoms with Crippen LogP contribution in [0.25, 0.3) is 0 Å². The van der Waals surface area contributed by atoms with Crippen LogP contribution in [-0.4, -0.2) is 47.8 Å². The predicted molar refractivity (Wildman–Crippen MR) is 120 cm³/mol. The molecule has 2 bridgehead atoms. The van der Waals surface area contributed by atoms with Crippen molar-refractivity contribution in [3.63, 3.8) is 0 Å². The minimum Gasteiger partial charge on any atom is -0.378 e. The van der Waals surface area contributed by atoms with Crippen LogP contribution in [0.3, 0.4) is 0 Å². The maximum Gasteiger partial charge on any atom is 0.227 e. The minimum atomic E-state index is 0.126. The predicted octanol–water partition coefficient (Wildman–Crippen LogP) is 4.73. The fourth-order valence-electron chi connectivity index (χ4n) is 5.54. The van der Waals surface area contributed by atoms with E-state index in [1.165, 1.54) is 24.3 Å². The molecule has 3 atom stereocenters. The highest BCUT2D eigenvalue weighted by atomic mass is 35.5. The van der Waals surface area contributed by atoms with Crippen molar-refractivity contribution in [3.8, 4) is 0 Å². The van der Waals surface area contributed by atoms with Gasteiger partial charge in [0.05, 0.1) is 28.7 Å². The SMILES string of the molecule is O=C(Nc1cc(Cl)ccc1N1CCOCC1)C1C[C@H]2CC[C@@H](C1)C21SCCS1. The van der Waals surface area contributed by atoms with E-state index in [0.29, 0.717) is 20.9 Å². The van der Waals surface area contributed by atoms with Crippen molar-refractivity contribution in [1.29, 1.82) is 0 Å². The van der Waals surface area contributed by atoms with Crippen LogP contribution in [0.15, 0.2) is 18.2 Å². The van der Waals surface area contributed by atoms with Crippen LogP contribution in [0, 0.1) is 17.8 Å². The molecule has 2 saturated carbocycles. The molecule has 1 amide bonds. The van der Waals surface area contributed by atoms with Crippen molar-refractivity contribution in [1.82, 2.24) is 0 Å². The zero-order valence-electron chi connectivity index (χ0n) is 16.0. The average Bonchev–Trinajstić information content (AvgIpc) is 3.24. The largest absolute Gasteiger partial charge is 0.378 e. The number of hydrogen-bond acceptors (Lipinski definition) is 5. The van der Waals surface area contributed by atoms with E-state index in [9.17, 15) is 4.79 Å². The van der Waals surface area contributed by atoms with Crippen LogP contribution >= 0.6 is 35.1 Å². The van der Waals surface area contributed by atoms with Crippen LogP contribution in [0.2, 0.25) is 5.02 Å². The van der Waals surface area contributed by atoms with Crippen molar-refractivity contribution in [2.45, 2.75) is 29.8 Å². The zero-order chi connectivity index (χ0) is 19.1. The van der Waals surface area contributed by atoms with Gasteiger partial charge in [0.15, 0.2) is 0 Å². The highest BCUT2D eigenvalue weighted by Crippen LogP contribution is 2.65. The van der Waals surface area contributed by atoms with Crippen molar-refractivity contribution in [2.24, 2.45) is 17.8 Å². The van der Waals surface area contributed by atoms with Crippen LogP contribution < -0.4 is 10.2 Å². The Morgan fingerprint density at radius 1 is 1.14 bits per heavy atom. The Labute approximate surface area is 180 Å². The second-order valence-electron chi connectivity index (χ2n) is 8.31. The van der Waals surface area contributed by atoms with E-state index in [-0.39, 0.29) is 11.8 Å². The molecule has 28 heavy (non-hydrogen) atoms. The Morgan fingerprint density at radius 2 is 1.82 bits per heavy atom. The molecule has 4 fully saturated rings. The van der Waals surface area contributed by atoms with Crippen LogP contribution in [0.1, 0.15) is 25.7 Å². The van der Waals surface area contributed by atoms with Crippen molar-refractivity contribution in [3.05, 3.63) is 23.2 Å². The van der Waals surface area contributed by atoms with E-state index in [1.807, 2.05) is 18.2 Å². The molecule has 0 radical (unpaired) electrons. The third-order valence-electron chi connectivity index (χ3n) is 6.82. The average molecular weight is 439 g/mol. The number of hydrogen-bond donors (Lipinski definition) is 1. The van der Waals surface area contributed by atoms with Gasteiger partial charge < -0.3 is 15.0 Å². The lowest BCUT2D eigenvalue weighted by atomic mass is 9.79. The number of halogens is 1. The normalized spacial score (nSPS) is 31.3. The Hall–Kier alpha value is -0.560. The molecule has 7 heteroatoms. The van der Waals surface area contributed by atoms with Gasteiger partial charge in [0, 0.05) is 35.5 Å². The molecule has 5 rings (SSSR count). The van der Waals surface area contributed by atoms with Gasteiger partial charge in [-0.2, -0.15) is 0 Å². The second-order valence-corrected chi connectivity index (χ2v) is 11.7. The van der Waals surface area contributed by atoms with Crippen molar-refractivity contribution >= 4 is 52.4 Å². The van der Waals surface area contributed by atoms with Crippen LogP contribution in [-0.2, 0) is 9.53 Å². The van der Waals surface area contributed by atoms with Gasteiger partial charge in [-0.15, -0.1) is 23.5 Å². The maximum atomic E-state index is 13.2. The summed E-state index contributed by atoms with van der Waals surface area (Å²) in [5.41, 5.74) is 1.90. The zero-order valence-corrected chi connectivity index (χ0v) is 18.4. The van der Waals surface area contributed by atoms with Crippen molar-refractivity contribution < 1.29 is 9.53 Å². The summed E-state index contributed by atoms with van der Waals surface area (Å²) >= 11 is 10.6. The Morgan fingerprint density at radius 3 is 2.50 bits per heavy atom. The molecule has 2 aliphatic carbocycles. The second kappa shape index (κ2) is 7.93. The molecule has 1 N–H and O–H groups in total. The third-order valence-corrected chi connectivity index (χ3v) is 11.1. The standard InChI is InChI=1S/C21H27ClN2O2S2/c22-17-3-4-19(24-5-7-26-8-6-24)18(13-17)23-20(25)14-11-15-1-2-16(12-14)21(15)27-9-10-28-21/h3-4,13-16H,1-2,5-12H2,(H,23,25)/t14?,15-,16+. The fraction of sp³-hybridized carbons (Fsp3) is 0.667.